The average Bonchev–Trinajstić information content (AvgIpc) is 2.46. The Bertz CT molecular complexity index is 814. The van der Waals surface area contributed by atoms with Crippen molar-refractivity contribution in [1.82, 2.24) is 9.97 Å². The van der Waals surface area contributed by atoms with E-state index >= 15 is 0 Å². The van der Waals surface area contributed by atoms with Gasteiger partial charge in [0, 0.05) is 6.42 Å². The van der Waals surface area contributed by atoms with E-state index in [0.717, 1.165) is 18.1 Å². The summed E-state index contributed by atoms with van der Waals surface area (Å²) in [4.78, 5) is 20.3. The van der Waals surface area contributed by atoms with E-state index in [-0.39, 0.29) is 5.78 Å². The highest BCUT2D eigenvalue weighted by atomic mass is 32.3. The molecule has 0 spiro atoms. The van der Waals surface area contributed by atoms with Crippen molar-refractivity contribution in [2.24, 2.45) is 0 Å². The number of para-hydroxylation sites is 2. The van der Waals surface area contributed by atoms with Gasteiger partial charge >= 0.3 is 10.4 Å². The van der Waals surface area contributed by atoms with Gasteiger partial charge in [-0.1, -0.05) is 18.2 Å². The van der Waals surface area contributed by atoms with Crippen molar-refractivity contribution in [3.05, 3.63) is 41.7 Å². The molecule has 2 aromatic rings. The quantitative estimate of drug-likeness (QED) is 0.798. The lowest BCUT2D eigenvalue weighted by Crippen LogP contribution is -2.09. The summed E-state index contributed by atoms with van der Waals surface area (Å²) in [6, 6.07) is 7.58. The van der Waals surface area contributed by atoms with Crippen molar-refractivity contribution in [2.45, 2.75) is 6.42 Å². The molecule has 7 nitrogen and oxygen atoms in total. The third-order valence-corrected chi connectivity index (χ3v) is 3.07. The predicted molar refractivity (Wildman–Crippen MR) is 76.1 cm³/mol. The molecule has 8 heteroatoms. The van der Waals surface area contributed by atoms with E-state index < -0.39 is 10.4 Å². The van der Waals surface area contributed by atoms with Crippen LogP contribution in [0.15, 0.2) is 30.3 Å². The van der Waals surface area contributed by atoms with E-state index in [1.54, 1.807) is 0 Å². The van der Waals surface area contributed by atoms with Crippen LogP contribution in [0.5, 0.6) is 0 Å². The molecule has 0 saturated heterocycles. The standard InChI is InChI=1S/C12H8N2O.CH4O4S/c15-11-7-3-6-10-12(11)14-9-5-2-1-4-8(9)13-10;1-5-6(2,3)4/h1-6H,7H2;1H3,(H,2,3,4). The van der Waals surface area contributed by atoms with Gasteiger partial charge in [-0.2, -0.15) is 8.42 Å². The van der Waals surface area contributed by atoms with Gasteiger partial charge in [-0.25, -0.2) is 9.97 Å². The second-order valence-electron chi connectivity index (χ2n) is 4.07. The highest BCUT2D eigenvalue weighted by molar-refractivity contribution is 7.80. The van der Waals surface area contributed by atoms with Crippen molar-refractivity contribution in [3.8, 4) is 0 Å². The predicted octanol–water partition coefficient (Wildman–Crippen LogP) is 1.67. The molecule has 0 bridgehead atoms. The van der Waals surface area contributed by atoms with Crippen molar-refractivity contribution < 1.29 is 21.9 Å². The number of fused-ring (bicyclic) bond motifs is 2. The summed E-state index contributed by atoms with van der Waals surface area (Å²) < 4.78 is 29.7. The van der Waals surface area contributed by atoms with Crippen molar-refractivity contribution >= 4 is 33.3 Å². The number of nitrogens with zero attached hydrogens (tertiary/aromatic N) is 2. The van der Waals surface area contributed by atoms with E-state index in [1.807, 2.05) is 36.4 Å². The Morgan fingerprint density at radius 3 is 2.33 bits per heavy atom. The molecule has 1 aliphatic carbocycles. The van der Waals surface area contributed by atoms with Crippen LogP contribution in [0.1, 0.15) is 22.6 Å². The number of hydrogen-bond donors (Lipinski definition) is 1. The summed E-state index contributed by atoms with van der Waals surface area (Å²) in [5.41, 5.74) is 2.79. The Labute approximate surface area is 121 Å². The highest BCUT2D eigenvalue weighted by Crippen LogP contribution is 2.18. The van der Waals surface area contributed by atoms with Crippen molar-refractivity contribution in [2.75, 3.05) is 7.11 Å². The maximum atomic E-state index is 11.6. The smallest absolute Gasteiger partial charge is 0.292 e. The minimum atomic E-state index is -4.16. The second kappa shape index (κ2) is 6.08. The maximum Gasteiger partial charge on any atom is 0.397 e. The van der Waals surface area contributed by atoms with Gasteiger partial charge < -0.3 is 0 Å². The van der Waals surface area contributed by atoms with Crippen LogP contribution in [0, 0.1) is 0 Å². The third kappa shape index (κ3) is 3.91. The number of aromatic nitrogens is 2. The number of carbonyl (C=O) groups excluding carboxylic acids is 1. The van der Waals surface area contributed by atoms with Crippen LogP contribution < -0.4 is 0 Å². The van der Waals surface area contributed by atoms with Crippen LogP contribution in [0.25, 0.3) is 17.1 Å². The number of hydrogen-bond acceptors (Lipinski definition) is 6. The van der Waals surface area contributed by atoms with E-state index in [1.165, 1.54) is 0 Å². The van der Waals surface area contributed by atoms with Crippen LogP contribution in [0.4, 0.5) is 0 Å². The Morgan fingerprint density at radius 1 is 1.19 bits per heavy atom. The monoisotopic (exact) mass is 308 g/mol. The van der Waals surface area contributed by atoms with Crippen LogP contribution in [-0.2, 0) is 14.6 Å². The van der Waals surface area contributed by atoms with E-state index in [4.69, 9.17) is 4.55 Å². The first-order valence-electron chi connectivity index (χ1n) is 5.90. The lowest BCUT2D eigenvalue weighted by Gasteiger charge is -2.08. The molecule has 1 heterocycles. The van der Waals surface area contributed by atoms with E-state index in [0.29, 0.717) is 17.8 Å². The van der Waals surface area contributed by atoms with Gasteiger partial charge in [0.25, 0.3) is 0 Å². The zero-order chi connectivity index (χ0) is 15.5. The van der Waals surface area contributed by atoms with Gasteiger partial charge in [0.2, 0.25) is 0 Å². The van der Waals surface area contributed by atoms with Gasteiger partial charge in [-0.3, -0.25) is 13.5 Å². The number of ketones is 1. The largest absolute Gasteiger partial charge is 0.397 e. The Kier molecular flexibility index (Phi) is 4.41. The molecule has 0 fully saturated rings. The van der Waals surface area contributed by atoms with E-state index in [9.17, 15) is 13.2 Å². The third-order valence-electron chi connectivity index (χ3n) is 2.65. The fraction of sp³-hybridized carbons (Fsp3) is 0.154. The van der Waals surface area contributed by atoms with Crippen molar-refractivity contribution in [3.63, 3.8) is 0 Å². The molecule has 21 heavy (non-hydrogen) atoms. The molecule has 110 valence electrons. The summed E-state index contributed by atoms with van der Waals surface area (Å²) in [6.07, 6.45) is 4.12. The lowest BCUT2D eigenvalue weighted by atomic mass is 10.1. The molecule has 1 aliphatic rings. The summed E-state index contributed by atoms with van der Waals surface area (Å²) in [5.74, 6) is 0.0470. The topological polar surface area (TPSA) is 106 Å². The minimum absolute atomic E-state index is 0.0470. The highest BCUT2D eigenvalue weighted by Gasteiger charge is 2.16. The Balaban J connectivity index is 0.000000232. The Morgan fingerprint density at radius 2 is 1.76 bits per heavy atom. The molecule has 3 rings (SSSR count). The first-order valence-corrected chi connectivity index (χ1v) is 7.27. The van der Waals surface area contributed by atoms with Crippen LogP contribution in [-0.4, -0.2) is 35.8 Å². The fourth-order valence-electron chi connectivity index (χ4n) is 1.71. The van der Waals surface area contributed by atoms with Crippen LogP contribution in [0.3, 0.4) is 0 Å². The number of rotatable bonds is 1. The molecule has 0 atom stereocenters. The molecule has 0 aliphatic heterocycles. The number of carbonyl (C=O) groups is 1. The van der Waals surface area contributed by atoms with Gasteiger partial charge in [0.05, 0.1) is 23.8 Å². The molecule has 0 unspecified atom stereocenters. The lowest BCUT2D eigenvalue weighted by molar-refractivity contribution is 0.0989. The molecule has 1 aromatic heterocycles. The molecular weight excluding hydrogens is 296 g/mol. The normalized spacial score (nSPS) is 13.5. The number of Topliss-reactive ketones (excluding diaryl/α,β-unsaturated/α-hetero) is 1. The van der Waals surface area contributed by atoms with E-state index in [2.05, 4.69) is 14.2 Å². The molecular formula is C13H12N2O5S. The first-order chi connectivity index (χ1) is 9.90. The maximum absolute atomic E-state index is 11.6. The molecule has 1 aromatic carbocycles. The molecule has 0 saturated carbocycles. The summed E-state index contributed by atoms with van der Waals surface area (Å²) >= 11 is 0. The number of allylic oxidation sites excluding steroid dienone is 1. The van der Waals surface area contributed by atoms with Crippen LogP contribution in [0.2, 0.25) is 0 Å². The molecule has 0 radical (unpaired) electrons. The van der Waals surface area contributed by atoms with Gasteiger partial charge in [0.15, 0.2) is 5.78 Å². The first kappa shape index (κ1) is 15.2. The molecule has 0 amide bonds. The summed E-state index contributed by atoms with van der Waals surface area (Å²) in [7, 11) is -3.29. The average molecular weight is 308 g/mol. The zero-order valence-corrected chi connectivity index (χ0v) is 11.9. The van der Waals surface area contributed by atoms with Gasteiger partial charge in [-0.05, 0) is 18.2 Å². The number of benzene rings is 1. The Hall–Kier alpha value is -2.16. The summed E-state index contributed by atoms with van der Waals surface area (Å²) in [6.45, 7) is 0. The zero-order valence-electron chi connectivity index (χ0n) is 11.1. The minimum Gasteiger partial charge on any atom is -0.292 e. The SMILES string of the molecule is COS(=O)(=O)O.O=C1CC=Cc2nc3ccccc3nc21. The van der Waals surface area contributed by atoms with Crippen molar-refractivity contribution in [1.29, 1.82) is 0 Å². The fourth-order valence-corrected chi connectivity index (χ4v) is 1.71. The van der Waals surface area contributed by atoms with Crippen LogP contribution >= 0.6 is 0 Å². The van der Waals surface area contributed by atoms with Gasteiger partial charge in [-0.15, -0.1) is 0 Å². The summed E-state index contributed by atoms with van der Waals surface area (Å²) in [5, 5.41) is 0. The molecule has 1 N–H and O–H groups in total. The second-order valence-corrected chi connectivity index (χ2v) is 5.26. The van der Waals surface area contributed by atoms with Gasteiger partial charge in [0.1, 0.15) is 5.69 Å².